The van der Waals surface area contributed by atoms with Crippen LogP contribution in [0.15, 0.2) is 48.5 Å². The summed E-state index contributed by atoms with van der Waals surface area (Å²) in [5, 5.41) is 10.2. The summed E-state index contributed by atoms with van der Waals surface area (Å²) in [5.74, 6) is -0.809. The second-order valence-electron chi connectivity index (χ2n) is 6.96. The van der Waals surface area contributed by atoms with E-state index >= 15 is 0 Å². The second-order valence-corrected chi connectivity index (χ2v) is 8.21. The van der Waals surface area contributed by atoms with Gasteiger partial charge in [-0.1, -0.05) is 46.9 Å². The number of anilines is 2. The first kappa shape index (κ1) is 21.8. The minimum atomic E-state index is -4.60. The predicted octanol–water partition coefficient (Wildman–Crippen LogP) is 6.76. The molecule has 0 saturated carbocycles. The molecule has 2 N–H and O–H groups in total. The third-order valence-electron chi connectivity index (χ3n) is 4.89. The Balaban J connectivity index is 1.69. The van der Waals surface area contributed by atoms with E-state index in [2.05, 4.69) is 15.7 Å². The molecule has 2 heterocycles. The first-order valence-electron chi connectivity index (χ1n) is 9.07. The Morgan fingerprint density at radius 1 is 1.03 bits per heavy atom. The van der Waals surface area contributed by atoms with E-state index in [1.807, 2.05) is 0 Å². The number of aromatic nitrogens is 2. The van der Waals surface area contributed by atoms with E-state index < -0.39 is 24.2 Å². The van der Waals surface area contributed by atoms with E-state index in [9.17, 15) is 18.0 Å². The van der Waals surface area contributed by atoms with E-state index in [1.165, 1.54) is 0 Å². The van der Waals surface area contributed by atoms with E-state index in [1.54, 1.807) is 48.5 Å². The van der Waals surface area contributed by atoms with Gasteiger partial charge in [0.2, 0.25) is 0 Å². The molecule has 2 aromatic carbocycles. The summed E-state index contributed by atoms with van der Waals surface area (Å²) >= 11 is 18.0. The first-order chi connectivity index (χ1) is 14.6. The van der Waals surface area contributed by atoms with Crippen molar-refractivity contribution in [2.75, 3.05) is 10.6 Å². The number of halogens is 6. The molecule has 1 amide bonds. The second kappa shape index (κ2) is 8.26. The zero-order valence-electron chi connectivity index (χ0n) is 15.6. The number of nitrogens with zero attached hydrogens (tertiary/aromatic N) is 2. The number of hydrogen-bond donors (Lipinski definition) is 2. The van der Waals surface area contributed by atoms with Crippen molar-refractivity contribution in [1.82, 2.24) is 9.78 Å². The average molecular weight is 490 g/mol. The summed E-state index contributed by atoms with van der Waals surface area (Å²) in [6.07, 6.45) is -4.92. The number of fused-ring (bicyclic) bond motifs is 1. The lowest BCUT2D eigenvalue weighted by molar-refractivity contribution is -0.173. The molecule has 1 aromatic heterocycles. The number of amides is 1. The van der Waals surface area contributed by atoms with Crippen molar-refractivity contribution in [2.24, 2.45) is 0 Å². The van der Waals surface area contributed by atoms with Gasteiger partial charge in [-0.15, -0.1) is 0 Å². The molecule has 0 saturated heterocycles. The molecule has 5 nitrogen and oxygen atoms in total. The Hall–Kier alpha value is -2.42. The van der Waals surface area contributed by atoms with Crippen LogP contribution in [0.4, 0.5) is 24.7 Å². The van der Waals surface area contributed by atoms with Crippen molar-refractivity contribution >= 4 is 52.2 Å². The van der Waals surface area contributed by atoms with Gasteiger partial charge in [0.15, 0.2) is 11.7 Å². The van der Waals surface area contributed by atoms with E-state index in [4.69, 9.17) is 34.8 Å². The fourth-order valence-corrected chi connectivity index (χ4v) is 3.89. The maximum atomic E-state index is 13.8. The van der Waals surface area contributed by atoms with Crippen LogP contribution in [-0.2, 0) is 0 Å². The zero-order chi connectivity index (χ0) is 22.3. The maximum Gasteiger partial charge on any atom is 0.410 e. The molecule has 1 aliphatic rings. The van der Waals surface area contributed by atoms with Crippen molar-refractivity contribution in [3.05, 3.63) is 74.9 Å². The van der Waals surface area contributed by atoms with Gasteiger partial charge in [0, 0.05) is 22.2 Å². The van der Waals surface area contributed by atoms with Crippen LogP contribution in [0.25, 0.3) is 0 Å². The maximum absolute atomic E-state index is 13.8. The van der Waals surface area contributed by atoms with Gasteiger partial charge in [0.25, 0.3) is 5.91 Å². The molecular formula is C20H14Cl3F3N4O. The van der Waals surface area contributed by atoms with Crippen molar-refractivity contribution in [2.45, 2.75) is 24.7 Å². The number of benzene rings is 2. The van der Waals surface area contributed by atoms with E-state index in [0.717, 1.165) is 4.68 Å². The van der Waals surface area contributed by atoms with Crippen LogP contribution in [0, 0.1) is 0 Å². The Morgan fingerprint density at radius 2 is 1.61 bits per heavy atom. The molecule has 0 radical (unpaired) electrons. The smallest absolute Gasteiger partial charge is 0.362 e. The monoisotopic (exact) mass is 488 g/mol. The summed E-state index contributed by atoms with van der Waals surface area (Å²) < 4.78 is 42.2. The van der Waals surface area contributed by atoms with Crippen molar-refractivity contribution in [3.8, 4) is 0 Å². The largest absolute Gasteiger partial charge is 0.410 e. The third-order valence-corrected chi connectivity index (χ3v) is 5.75. The molecule has 4 rings (SSSR count). The van der Waals surface area contributed by atoms with Crippen LogP contribution in [0.1, 0.15) is 34.6 Å². The average Bonchev–Trinajstić information content (AvgIpc) is 3.05. The Labute approximate surface area is 190 Å². The summed E-state index contributed by atoms with van der Waals surface area (Å²) in [5.41, 5.74) is 0.690. The summed E-state index contributed by atoms with van der Waals surface area (Å²) in [4.78, 5) is 12.7. The molecule has 2 atom stereocenters. The summed E-state index contributed by atoms with van der Waals surface area (Å²) in [7, 11) is 0. The number of carbonyl (C=O) groups excluding carboxylic acids is 1. The van der Waals surface area contributed by atoms with Crippen molar-refractivity contribution < 1.29 is 18.0 Å². The highest BCUT2D eigenvalue weighted by molar-refractivity contribution is 6.36. The lowest BCUT2D eigenvalue weighted by Gasteiger charge is -2.33. The van der Waals surface area contributed by atoms with Crippen molar-refractivity contribution in [3.63, 3.8) is 0 Å². The van der Waals surface area contributed by atoms with Gasteiger partial charge in [0.1, 0.15) is 10.8 Å². The summed E-state index contributed by atoms with van der Waals surface area (Å²) in [6, 6.07) is 10.1. The summed E-state index contributed by atoms with van der Waals surface area (Å²) in [6.45, 7) is 0. The van der Waals surface area contributed by atoms with Gasteiger partial charge >= 0.3 is 6.18 Å². The van der Waals surface area contributed by atoms with E-state index in [-0.39, 0.29) is 23.0 Å². The molecule has 162 valence electrons. The number of alkyl halides is 3. The highest BCUT2D eigenvalue weighted by Gasteiger charge is 2.47. The van der Waals surface area contributed by atoms with Crippen LogP contribution in [-0.4, -0.2) is 21.9 Å². The molecule has 0 spiro atoms. The van der Waals surface area contributed by atoms with Crippen LogP contribution in [0.2, 0.25) is 15.1 Å². The van der Waals surface area contributed by atoms with Crippen molar-refractivity contribution in [1.29, 1.82) is 0 Å². The molecule has 1 aliphatic heterocycles. The Bertz CT molecular complexity index is 1110. The Kier molecular flexibility index (Phi) is 5.81. The molecule has 0 bridgehead atoms. The van der Waals surface area contributed by atoms with Gasteiger partial charge in [0.05, 0.1) is 6.04 Å². The Morgan fingerprint density at radius 3 is 2.19 bits per heavy atom. The van der Waals surface area contributed by atoms with E-state index in [0.29, 0.717) is 21.3 Å². The lowest BCUT2D eigenvalue weighted by atomic mass is 9.97. The number of hydrogen-bond acceptors (Lipinski definition) is 3. The standard InChI is InChI=1S/C20H14Cl3F3N4O/c21-11-3-1-10(2-4-11)14-9-15(20(24,25)26)30-18(28-14)16(23)17(29-30)19(31)27-13-7-5-12(22)6-8-13/h1-8,14-15,28H,9H2,(H,27,31)/t14-,15-/m0/s1. The highest BCUT2D eigenvalue weighted by Crippen LogP contribution is 2.46. The van der Waals surface area contributed by atoms with Crippen LogP contribution < -0.4 is 10.6 Å². The normalized spacial score (nSPS) is 18.3. The van der Waals surface area contributed by atoms with Crippen LogP contribution in [0.3, 0.4) is 0 Å². The molecular weight excluding hydrogens is 476 g/mol. The van der Waals surface area contributed by atoms with Gasteiger partial charge in [-0.05, 0) is 42.0 Å². The fourth-order valence-electron chi connectivity index (χ4n) is 3.37. The third kappa shape index (κ3) is 4.46. The number of carbonyl (C=O) groups is 1. The van der Waals surface area contributed by atoms with Gasteiger partial charge in [-0.3, -0.25) is 4.79 Å². The molecule has 31 heavy (non-hydrogen) atoms. The molecule has 0 fully saturated rings. The topological polar surface area (TPSA) is 59.0 Å². The minimum absolute atomic E-state index is 0.0727. The zero-order valence-corrected chi connectivity index (χ0v) is 17.8. The molecule has 3 aromatic rings. The molecule has 11 heteroatoms. The fraction of sp³-hybridized carbons (Fsp3) is 0.200. The highest BCUT2D eigenvalue weighted by atomic mass is 35.5. The number of rotatable bonds is 3. The minimum Gasteiger partial charge on any atom is -0.362 e. The molecule has 0 unspecified atom stereocenters. The SMILES string of the molecule is O=C(Nc1ccc(Cl)cc1)c1nn2c(c1Cl)N[C@H](c1ccc(Cl)cc1)C[C@H]2C(F)(F)F. The number of nitrogens with one attached hydrogen (secondary N) is 2. The van der Waals surface area contributed by atoms with Gasteiger partial charge < -0.3 is 10.6 Å². The van der Waals surface area contributed by atoms with Gasteiger partial charge in [-0.25, -0.2) is 4.68 Å². The predicted molar refractivity (Wildman–Crippen MR) is 114 cm³/mol. The lowest BCUT2D eigenvalue weighted by Crippen LogP contribution is -2.35. The first-order valence-corrected chi connectivity index (χ1v) is 10.2. The van der Waals surface area contributed by atoms with Crippen LogP contribution >= 0.6 is 34.8 Å². The van der Waals surface area contributed by atoms with Gasteiger partial charge in [-0.2, -0.15) is 18.3 Å². The van der Waals surface area contributed by atoms with Crippen LogP contribution in [0.5, 0.6) is 0 Å². The quantitative estimate of drug-likeness (QED) is 0.427. The molecule has 0 aliphatic carbocycles.